The van der Waals surface area contributed by atoms with Crippen LogP contribution in [0.25, 0.3) is 10.9 Å². The van der Waals surface area contributed by atoms with E-state index in [2.05, 4.69) is 4.98 Å². The minimum Gasteiger partial charge on any atom is -0.494 e. The molecule has 19 heavy (non-hydrogen) atoms. The van der Waals surface area contributed by atoms with Crippen molar-refractivity contribution in [2.45, 2.75) is 19.3 Å². The van der Waals surface area contributed by atoms with Gasteiger partial charge in [-0.05, 0) is 43.1 Å². The van der Waals surface area contributed by atoms with Gasteiger partial charge < -0.3 is 20.6 Å². The van der Waals surface area contributed by atoms with Gasteiger partial charge in [-0.25, -0.2) is 0 Å². The molecule has 4 N–H and O–H groups in total. The van der Waals surface area contributed by atoms with Crippen molar-refractivity contribution < 1.29 is 14.6 Å². The highest BCUT2D eigenvalue weighted by Gasteiger charge is 2.05. The molecule has 2 rings (SSSR count). The number of carboxylic acids is 1. The fourth-order valence-corrected chi connectivity index (χ4v) is 2.02. The largest absolute Gasteiger partial charge is 0.494 e. The first-order valence-electron chi connectivity index (χ1n) is 6.35. The van der Waals surface area contributed by atoms with Gasteiger partial charge in [0.05, 0.1) is 6.61 Å². The van der Waals surface area contributed by atoms with E-state index in [-0.39, 0.29) is 6.42 Å². The molecule has 1 heterocycles. The maximum atomic E-state index is 10.4. The number of H-pyrrole nitrogens is 1. The highest BCUT2D eigenvalue weighted by atomic mass is 16.5. The van der Waals surface area contributed by atoms with Gasteiger partial charge in [0.2, 0.25) is 0 Å². The maximum absolute atomic E-state index is 10.4. The number of aromatic nitrogens is 1. The van der Waals surface area contributed by atoms with Crippen molar-refractivity contribution in [3.8, 4) is 5.75 Å². The number of nitrogens with one attached hydrogen (secondary N) is 1. The average Bonchev–Trinajstić information content (AvgIpc) is 2.78. The van der Waals surface area contributed by atoms with E-state index < -0.39 is 5.97 Å². The van der Waals surface area contributed by atoms with E-state index in [4.69, 9.17) is 15.6 Å². The first kappa shape index (κ1) is 13.4. The van der Waals surface area contributed by atoms with Crippen molar-refractivity contribution in [3.63, 3.8) is 0 Å². The van der Waals surface area contributed by atoms with E-state index in [1.54, 1.807) is 0 Å². The number of rotatable bonds is 7. The molecule has 0 saturated heterocycles. The summed E-state index contributed by atoms with van der Waals surface area (Å²) in [5.74, 6) is -0.0364. The summed E-state index contributed by atoms with van der Waals surface area (Å²) in [5, 5.41) is 9.66. The second kappa shape index (κ2) is 6.24. The van der Waals surface area contributed by atoms with E-state index in [1.807, 2.05) is 24.4 Å². The third kappa shape index (κ3) is 3.48. The Balaban J connectivity index is 2.03. The third-order valence-electron chi connectivity index (χ3n) is 2.96. The molecular weight excluding hydrogens is 244 g/mol. The molecule has 0 bridgehead atoms. The first-order valence-corrected chi connectivity index (χ1v) is 6.35. The number of nitrogens with two attached hydrogens (primary N) is 1. The van der Waals surface area contributed by atoms with Crippen LogP contribution >= 0.6 is 0 Å². The molecule has 5 nitrogen and oxygen atoms in total. The van der Waals surface area contributed by atoms with Gasteiger partial charge in [0.15, 0.2) is 0 Å². The van der Waals surface area contributed by atoms with E-state index in [1.165, 1.54) is 5.56 Å². The third-order valence-corrected chi connectivity index (χ3v) is 2.96. The van der Waals surface area contributed by atoms with Crippen LogP contribution in [-0.4, -0.2) is 29.2 Å². The molecule has 1 aromatic heterocycles. The summed E-state index contributed by atoms with van der Waals surface area (Å²) >= 11 is 0. The molecule has 0 aliphatic rings. The van der Waals surface area contributed by atoms with Crippen molar-refractivity contribution in [2.75, 3.05) is 13.2 Å². The SMILES string of the molecule is NCCc1c[nH]c2ccc(OCCCC(=O)O)cc12. The normalized spacial score (nSPS) is 10.8. The fraction of sp³-hybridized carbons (Fsp3) is 0.357. The molecule has 0 amide bonds. The Morgan fingerprint density at radius 3 is 3.00 bits per heavy atom. The second-order valence-electron chi connectivity index (χ2n) is 4.41. The Bertz CT molecular complexity index is 563. The predicted octanol–water partition coefficient (Wildman–Crippen LogP) is 1.91. The van der Waals surface area contributed by atoms with Crippen LogP contribution in [-0.2, 0) is 11.2 Å². The van der Waals surface area contributed by atoms with Crippen molar-refractivity contribution >= 4 is 16.9 Å². The fourth-order valence-electron chi connectivity index (χ4n) is 2.02. The molecule has 0 unspecified atom stereocenters. The van der Waals surface area contributed by atoms with Gasteiger partial charge in [0, 0.05) is 23.5 Å². The summed E-state index contributed by atoms with van der Waals surface area (Å²) in [7, 11) is 0. The molecular formula is C14H18N2O3. The summed E-state index contributed by atoms with van der Waals surface area (Å²) in [6.07, 6.45) is 3.43. The molecule has 102 valence electrons. The van der Waals surface area contributed by atoms with Crippen molar-refractivity contribution in [1.29, 1.82) is 0 Å². The van der Waals surface area contributed by atoms with Crippen LogP contribution in [0.5, 0.6) is 5.75 Å². The lowest BCUT2D eigenvalue weighted by Crippen LogP contribution is -2.02. The lowest BCUT2D eigenvalue weighted by Gasteiger charge is -2.06. The smallest absolute Gasteiger partial charge is 0.303 e. The van der Waals surface area contributed by atoms with Crippen LogP contribution < -0.4 is 10.5 Å². The Morgan fingerprint density at radius 1 is 1.42 bits per heavy atom. The number of fused-ring (bicyclic) bond motifs is 1. The van der Waals surface area contributed by atoms with Crippen molar-refractivity contribution in [2.24, 2.45) is 5.73 Å². The molecule has 0 atom stereocenters. The zero-order chi connectivity index (χ0) is 13.7. The minimum atomic E-state index is -0.796. The van der Waals surface area contributed by atoms with E-state index in [0.29, 0.717) is 19.6 Å². The van der Waals surface area contributed by atoms with Gasteiger partial charge in [-0.2, -0.15) is 0 Å². The number of aromatic amines is 1. The summed E-state index contributed by atoms with van der Waals surface area (Å²) in [6, 6.07) is 5.81. The topological polar surface area (TPSA) is 88.3 Å². The quantitative estimate of drug-likeness (QED) is 0.665. The molecule has 0 radical (unpaired) electrons. The van der Waals surface area contributed by atoms with Gasteiger partial charge in [0.25, 0.3) is 0 Å². The molecule has 2 aromatic rings. The number of hydrogen-bond donors (Lipinski definition) is 3. The Kier molecular flexibility index (Phi) is 4.41. The number of hydrogen-bond acceptors (Lipinski definition) is 3. The highest BCUT2D eigenvalue weighted by molar-refractivity contribution is 5.84. The Labute approximate surface area is 111 Å². The van der Waals surface area contributed by atoms with Gasteiger partial charge in [0.1, 0.15) is 5.75 Å². The Hall–Kier alpha value is -2.01. The Morgan fingerprint density at radius 2 is 2.26 bits per heavy atom. The molecule has 0 aliphatic carbocycles. The van der Waals surface area contributed by atoms with E-state index in [0.717, 1.165) is 23.1 Å². The van der Waals surface area contributed by atoms with Crippen molar-refractivity contribution in [3.05, 3.63) is 30.0 Å². The number of benzene rings is 1. The maximum Gasteiger partial charge on any atom is 0.303 e. The van der Waals surface area contributed by atoms with Gasteiger partial charge >= 0.3 is 5.97 Å². The van der Waals surface area contributed by atoms with E-state index in [9.17, 15) is 4.79 Å². The first-order chi connectivity index (χ1) is 9.20. The lowest BCUT2D eigenvalue weighted by molar-refractivity contribution is -0.137. The molecule has 0 saturated carbocycles. The standard InChI is InChI=1S/C14H18N2O3/c15-6-5-10-9-16-13-4-3-11(8-12(10)13)19-7-1-2-14(17)18/h3-4,8-9,16H,1-2,5-7,15H2,(H,17,18). The van der Waals surface area contributed by atoms with Crippen LogP contribution in [0.3, 0.4) is 0 Å². The summed E-state index contributed by atoms with van der Waals surface area (Å²) in [4.78, 5) is 13.6. The molecule has 0 spiro atoms. The summed E-state index contributed by atoms with van der Waals surface area (Å²) in [6.45, 7) is 1.02. The monoisotopic (exact) mass is 262 g/mol. The lowest BCUT2D eigenvalue weighted by atomic mass is 10.1. The van der Waals surface area contributed by atoms with Crippen LogP contribution in [0.1, 0.15) is 18.4 Å². The predicted molar refractivity (Wildman–Crippen MR) is 73.4 cm³/mol. The van der Waals surface area contributed by atoms with Crippen LogP contribution in [0, 0.1) is 0 Å². The second-order valence-corrected chi connectivity index (χ2v) is 4.41. The number of ether oxygens (including phenoxy) is 1. The number of carbonyl (C=O) groups is 1. The highest BCUT2D eigenvalue weighted by Crippen LogP contribution is 2.24. The summed E-state index contributed by atoms with van der Waals surface area (Å²) < 4.78 is 5.56. The van der Waals surface area contributed by atoms with E-state index >= 15 is 0 Å². The molecule has 1 aromatic carbocycles. The van der Waals surface area contributed by atoms with Gasteiger partial charge in [-0.1, -0.05) is 0 Å². The minimum absolute atomic E-state index is 0.130. The molecule has 0 aliphatic heterocycles. The molecule has 5 heteroatoms. The summed E-state index contributed by atoms with van der Waals surface area (Å²) in [5.41, 5.74) is 7.81. The van der Waals surface area contributed by atoms with Crippen molar-refractivity contribution in [1.82, 2.24) is 4.98 Å². The van der Waals surface area contributed by atoms with Crippen LogP contribution in [0.4, 0.5) is 0 Å². The number of aliphatic carboxylic acids is 1. The van der Waals surface area contributed by atoms with Gasteiger partial charge in [-0.3, -0.25) is 4.79 Å². The van der Waals surface area contributed by atoms with Crippen LogP contribution in [0.15, 0.2) is 24.4 Å². The molecule has 0 fully saturated rings. The zero-order valence-electron chi connectivity index (χ0n) is 10.7. The number of carboxylic acid groups (broad SMARTS) is 1. The van der Waals surface area contributed by atoms with Gasteiger partial charge in [-0.15, -0.1) is 0 Å². The average molecular weight is 262 g/mol. The van der Waals surface area contributed by atoms with Crippen LogP contribution in [0.2, 0.25) is 0 Å². The zero-order valence-corrected chi connectivity index (χ0v) is 10.7.